The quantitative estimate of drug-likeness (QED) is 0.764. The topological polar surface area (TPSA) is 52.0 Å². The SMILES string of the molecule is NCc1ccc(CN)c(-c2ccccc2)c1-c1ccccc1. The first-order valence-electron chi connectivity index (χ1n) is 7.51. The number of hydrogen-bond acceptors (Lipinski definition) is 2. The summed E-state index contributed by atoms with van der Waals surface area (Å²) >= 11 is 0. The van der Waals surface area contributed by atoms with E-state index in [-0.39, 0.29) is 0 Å². The lowest BCUT2D eigenvalue weighted by Crippen LogP contribution is -2.06. The smallest absolute Gasteiger partial charge is 0.0184 e. The van der Waals surface area contributed by atoms with Crippen LogP contribution in [0, 0.1) is 0 Å². The molecule has 0 saturated carbocycles. The summed E-state index contributed by atoms with van der Waals surface area (Å²) in [5.74, 6) is 0. The molecule has 0 atom stereocenters. The standard InChI is InChI=1S/C20H20N2/c21-13-17-11-12-18(14-22)20(16-9-5-2-6-10-16)19(17)15-7-3-1-4-8-15/h1-12H,13-14,21-22H2. The molecule has 0 aliphatic rings. The van der Waals surface area contributed by atoms with E-state index in [0.717, 1.165) is 11.1 Å². The molecule has 3 aromatic rings. The summed E-state index contributed by atoms with van der Waals surface area (Å²) in [6.45, 7) is 1.02. The van der Waals surface area contributed by atoms with Crippen molar-refractivity contribution in [1.82, 2.24) is 0 Å². The van der Waals surface area contributed by atoms with Gasteiger partial charge in [-0.2, -0.15) is 0 Å². The van der Waals surface area contributed by atoms with Gasteiger partial charge in [-0.1, -0.05) is 72.8 Å². The van der Waals surface area contributed by atoms with Gasteiger partial charge in [0.15, 0.2) is 0 Å². The van der Waals surface area contributed by atoms with Crippen molar-refractivity contribution < 1.29 is 0 Å². The molecule has 0 spiro atoms. The third-order valence-electron chi connectivity index (χ3n) is 3.94. The van der Waals surface area contributed by atoms with Crippen molar-refractivity contribution in [2.75, 3.05) is 0 Å². The Hall–Kier alpha value is -2.42. The fourth-order valence-corrected chi connectivity index (χ4v) is 2.90. The van der Waals surface area contributed by atoms with Crippen LogP contribution in [0.1, 0.15) is 11.1 Å². The van der Waals surface area contributed by atoms with Gasteiger partial charge in [-0.25, -0.2) is 0 Å². The summed E-state index contributed by atoms with van der Waals surface area (Å²) in [5, 5.41) is 0. The number of benzene rings is 3. The van der Waals surface area contributed by atoms with Crippen LogP contribution in [-0.2, 0) is 13.1 Å². The van der Waals surface area contributed by atoms with E-state index in [2.05, 4.69) is 60.7 Å². The van der Waals surface area contributed by atoms with E-state index in [1.54, 1.807) is 0 Å². The Bertz CT molecular complexity index is 683. The monoisotopic (exact) mass is 288 g/mol. The minimum absolute atomic E-state index is 0.509. The maximum atomic E-state index is 6.00. The Morgan fingerprint density at radius 3 is 1.18 bits per heavy atom. The predicted octanol–water partition coefficient (Wildman–Crippen LogP) is 3.94. The average Bonchev–Trinajstić information content (AvgIpc) is 2.61. The highest BCUT2D eigenvalue weighted by Gasteiger charge is 2.15. The lowest BCUT2D eigenvalue weighted by Gasteiger charge is -2.18. The zero-order valence-corrected chi connectivity index (χ0v) is 12.5. The highest BCUT2D eigenvalue weighted by molar-refractivity contribution is 5.88. The predicted molar refractivity (Wildman–Crippen MR) is 93.1 cm³/mol. The lowest BCUT2D eigenvalue weighted by atomic mass is 9.87. The summed E-state index contributed by atoms with van der Waals surface area (Å²) in [4.78, 5) is 0. The minimum Gasteiger partial charge on any atom is -0.326 e. The molecular weight excluding hydrogens is 268 g/mol. The first-order valence-corrected chi connectivity index (χ1v) is 7.51. The first-order chi connectivity index (χ1) is 10.8. The van der Waals surface area contributed by atoms with Gasteiger partial charge in [0.05, 0.1) is 0 Å². The van der Waals surface area contributed by atoms with Crippen LogP contribution in [0.4, 0.5) is 0 Å². The first kappa shape index (κ1) is 14.5. The van der Waals surface area contributed by atoms with Crippen molar-refractivity contribution in [2.45, 2.75) is 13.1 Å². The molecule has 4 N–H and O–H groups in total. The largest absolute Gasteiger partial charge is 0.326 e. The third kappa shape index (κ3) is 2.67. The fraction of sp³-hybridized carbons (Fsp3) is 0.100. The van der Waals surface area contributed by atoms with E-state index in [4.69, 9.17) is 11.5 Å². The summed E-state index contributed by atoms with van der Waals surface area (Å²) in [7, 11) is 0. The molecule has 110 valence electrons. The Kier molecular flexibility index (Phi) is 4.33. The summed E-state index contributed by atoms with van der Waals surface area (Å²) in [6.07, 6.45) is 0. The number of nitrogens with two attached hydrogens (primary N) is 2. The molecule has 0 unspecified atom stereocenters. The van der Waals surface area contributed by atoms with Crippen molar-refractivity contribution in [3.63, 3.8) is 0 Å². The third-order valence-corrected chi connectivity index (χ3v) is 3.94. The second-order valence-electron chi connectivity index (χ2n) is 5.27. The van der Waals surface area contributed by atoms with Crippen molar-refractivity contribution in [3.8, 4) is 22.3 Å². The lowest BCUT2D eigenvalue weighted by molar-refractivity contribution is 1.04. The molecule has 2 nitrogen and oxygen atoms in total. The molecule has 0 amide bonds. The molecule has 0 fully saturated rings. The Balaban J connectivity index is 2.35. The zero-order chi connectivity index (χ0) is 15.4. The maximum Gasteiger partial charge on any atom is 0.0184 e. The number of hydrogen-bond donors (Lipinski definition) is 2. The van der Waals surface area contributed by atoms with Gasteiger partial charge in [0, 0.05) is 13.1 Å². The van der Waals surface area contributed by atoms with Gasteiger partial charge in [-0.05, 0) is 33.4 Å². The molecule has 0 saturated heterocycles. The van der Waals surface area contributed by atoms with Crippen LogP contribution in [0.5, 0.6) is 0 Å². The van der Waals surface area contributed by atoms with Gasteiger partial charge in [-0.15, -0.1) is 0 Å². The van der Waals surface area contributed by atoms with Crippen LogP contribution in [0.2, 0.25) is 0 Å². The van der Waals surface area contributed by atoms with E-state index >= 15 is 0 Å². The number of rotatable bonds is 4. The van der Waals surface area contributed by atoms with Gasteiger partial charge in [-0.3, -0.25) is 0 Å². The van der Waals surface area contributed by atoms with Crippen LogP contribution < -0.4 is 11.5 Å². The Morgan fingerprint density at radius 1 is 0.500 bits per heavy atom. The molecule has 0 aliphatic heterocycles. The van der Waals surface area contributed by atoms with Crippen LogP contribution in [-0.4, -0.2) is 0 Å². The molecule has 0 aliphatic carbocycles. The van der Waals surface area contributed by atoms with E-state index in [1.807, 2.05) is 12.1 Å². The van der Waals surface area contributed by atoms with Crippen molar-refractivity contribution in [2.24, 2.45) is 11.5 Å². The molecule has 0 aromatic heterocycles. The van der Waals surface area contributed by atoms with Crippen LogP contribution >= 0.6 is 0 Å². The molecule has 2 heteroatoms. The van der Waals surface area contributed by atoms with Crippen LogP contribution in [0.15, 0.2) is 72.8 Å². The van der Waals surface area contributed by atoms with Crippen LogP contribution in [0.3, 0.4) is 0 Å². The van der Waals surface area contributed by atoms with E-state index in [9.17, 15) is 0 Å². The minimum atomic E-state index is 0.509. The van der Waals surface area contributed by atoms with E-state index < -0.39 is 0 Å². The molecule has 0 bridgehead atoms. The van der Waals surface area contributed by atoms with Gasteiger partial charge in [0.2, 0.25) is 0 Å². The fourth-order valence-electron chi connectivity index (χ4n) is 2.90. The molecule has 0 radical (unpaired) electrons. The van der Waals surface area contributed by atoms with E-state index in [0.29, 0.717) is 13.1 Å². The van der Waals surface area contributed by atoms with Crippen molar-refractivity contribution >= 4 is 0 Å². The van der Waals surface area contributed by atoms with Gasteiger partial charge >= 0.3 is 0 Å². The zero-order valence-electron chi connectivity index (χ0n) is 12.5. The normalized spacial score (nSPS) is 10.6. The average molecular weight is 288 g/mol. The van der Waals surface area contributed by atoms with Crippen LogP contribution in [0.25, 0.3) is 22.3 Å². The highest BCUT2D eigenvalue weighted by Crippen LogP contribution is 2.37. The highest BCUT2D eigenvalue weighted by atomic mass is 14.5. The maximum absolute atomic E-state index is 6.00. The Morgan fingerprint density at radius 2 is 0.864 bits per heavy atom. The molecule has 3 aromatic carbocycles. The molecule has 3 rings (SSSR count). The van der Waals surface area contributed by atoms with Gasteiger partial charge in [0.1, 0.15) is 0 Å². The van der Waals surface area contributed by atoms with Crippen molar-refractivity contribution in [3.05, 3.63) is 83.9 Å². The van der Waals surface area contributed by atoms with Gasteiger partial charge < -0.3 is 11.5 Å². The second-order valence-corrected chi connectivity index (χ2v) is 5.27. The molecule has 0 heterocycles. The molecule has 22 heavy (non-hydrogen) atoms. The summed E-state index contributed by atoms with van der Waals surface area (Å²) in [5.41, 5.74) is 19.0. The van der Waals surface area contributed by atoms with Crippen molar-refractivity contribution in [1.29, 1.82) is 0 Å². The summed E-state index contributed by atoms with van der Waals surface area (Å²) in [6, 6.07) is 25.0. The van der Waals surface area contributed by atoms with Gasteiger partial charge in [0.25, 0.3) is 0 Å². The second kappa shape index (κ2) is 6.56. The summed E-state index contributed by atoms with van der Waals surface area (Å²) < 4.78 is 0. The molecular formula is C20H20N2. The van der Waals surface area contributed by atoms with E-state index in [1.165, 1.54) is 22.3 Å². The Labute approximate surface area is 131 Å².